The molecule has 0 bridgehead atoms. The predicted octanol–water partition coefficient (Wildman–Crippen LogP) is 5.93. The van der Waals surface area contributed by atoms with E-state index in [0.29, 0.717) is 42.9 Å². The van der Waals surface area contributed by atoms with Crippen LogP contribution in [0.2, 0.25) is 5.02 Å². The van der Waals surface area contributed by atoms with E-state index in [-0.39, 0.29) is 53.9 Å². The Morgan fingerprint density at radius 1 is 0.885 bits per heavy atom. The summed E-state index contributed by atoms with van der Waals surface area (Å²) in [6.45, 7) is 8.38. The zero-order valence-electron chi connectivity index (χ0n) is 35.1. The lowest BCUT2D eigenvalue weighted by Gasteiger charge is -2.38. The highest BCUT2D eigenvalue weighted by atomic mass is 35.5. The number of Topliss-reactive ketones (excluding diaryl/α,β-unsaturated/α-hetero) is 1. The average molecular weight is 854 g/mol. The Bertz CT molecular complexity index is 2120. The number of aromatic nitrogens is 2. The van der Waals surface area contributed by atoms with Crippen molar-refractivity contribution in [1.82, 2.24) is 30.4 Å². The fourth-order valence-corrected chi connectivity index (χ4v) is 9.34. The van der Waals surface area contributed by atoms with Gasteiger partial charge in [-0.1, -0.05) is 75.8 Å². The van der Waals surface area contributed by atoms with Crippen molar-refractivity contribution in [3.8, 4) is 5.75 Å². The number of rotatable bonds is 19. The maximum atomic E-state index is 14.0. The summed E-state index contributed by atoms with van der Waals surface area (Å²) >= 11 is 6.21. The van der Waals surface area contributed by atoms with Gasteiger partial charge in [0.05, 0.1) is 22.7 Å². The maximum Gasteiger partial charge on any atom is 0.266 e. The fraction of sp³-hybridized carbons (Fsp3) is 0.522. The van der Waals surface area contributed by atoms with E-state index in [4.69, 9.17) is 21.3 Å². The highest BCUT2D eigenvalue weighted by molar-refractivity contribution is 6.30. The van der Waals surface area contributed by atoms with Crippen LogP contribution in [0.5, 0.6) is 5.75 Å². The molecule has 1 aromatic heterocycles. The van der Waals surface area contributed by atoms with Crippen molar-refractivity contribution < 1.29 is 33.5 Å². The highest BCUT2D eigenvalue weighted by Crippen LogP contribution is 2.44. The van der Waals surface area contributed by atoms with E-state index in [1.165, 1.54) is 17.7 Å². The molecule has 3 aromatic rings. The number of nitrogens with zero attached hydrogens (tertiary/aromatic N) is 5. The Labute approximate surface area is 362 Å². The van der Waals surface area contributed by atoms with Gasteiger partial charge in [-0.3, -0.25) is 39.0 Å². The molecule has 14 nitrogen and oxygen atoms in total. The molecule has 324 valence electrons. The second-order valence-corrected chi connectivity index (χ2v) is 17.3. The molecule has 5 amide bonds. The summed E-state index contributed by atoms with van der Waals surface area (Å²) in [5, 5.41) is 6.38. The topological polar surface area (TPSA) is 171 Å². The van der Waals surface area contributed by atoms with Crippen LogP contribution in [0.3, 0.4) is 0 Å². The van der Waals surface area contributed by atoms with Gasteiger partial charge in [-0.05, 0) is 73.9 Å². The van der Waals surface area contributed by atoms with Crippen LogP contribution in [0, 0.1) is 0 Å². The lowest BCUT2D eigenvalue weighted by Crippen LogP contribution is -2.54. The Hall–Kier alpha value is -5.21. The summed E-state index contributed by atoms with van der Waals surface area (Å²) in [6.07, 6.45) is 10.1. The summed E-state index contributed by atoms with van der Waals surface area (Å²) in [7, 11) is 0. The molecule has 2 fully saturated rings. The predicted molar refractivity (Wildman–Crippen MR) is 230 cm³/mol. The molecule has 0 spiro atoms. The zero-order chi connectivity index (χ0) is 43.0. The number of piperazine rings is 1. The van der Waals surface area contributed by atoms with E-state index in [9.17, 15) is 28.8 Å². The second kappa shape index (κ2) is 20.1. The van der Waals surface area contributed by atoms with Crippen LogP contribution < -0.4 is 20.3 Å². The van der Waals surface area contributed by atoms with Gasteiger partial charge in [0.1, 0.15) is 30.5 Å². The van der Waals surface area contributed by atoms with E-state index >= 15 is 0 Å². The Kier molecular flexibility index (Phi) is 14.5. The minimum Gasteiger partial charge on any atom is -0.485 e. The molecule has 4 atom stereocenters. The van der Waals surface area contributed by atoms with Gasteiger partial charge < -0.3 is 19.9 Å². The number of hydrogen-bond acceptors (Lipinski definition) is 11. The van der Waals surface area contributed by atoms with Gasteiger partial charge >= 0.3 is 0 Å². The molecule has 4 heterocycles. The average Bonchev–Trinajstić information content (AvgIpc) is 3.70. The van der Waals surface area contributed by atoms with E-state index in [0.717, 1.165) is 93.0 Å². The molecular formula is C46H56ClN7O7. The molecule has 0 radical (unpaired) electrons. The number of carbonyl (C=O) groups is 6. The van der Waals surface area contributed by atoms with E-state index in [2.05, 4.69) is 34.4 Å². The third-order valence-electron chi connectivity index (χ3n) is 12.5. The zero-order valence-corrected chi connectivity index (χ0v) is 35.9. The summed E-state index contributed by atoms with van der Waals surface area (Å²) < 4.78 is 5.73. The summed E-state index contributed by atoms with van der Waals surface area (Å²) in [4.78, 5) is 91.5. The van der Waals surface area contributed by atoms with Crippen LogP contribution in [0.15, 0.2) is 48.8 Å². The second-order valence-electron chi connectivity index (χ2n) is 16.8. The molecule has 0 saturated carbocycles. The van der Waals surface area contributed by atoms with Crippen LogP contribution >= 0.6 is 11.6 Å². The lowest BCUT2D eigenvalue weighted by atomic mass is 9.96. The number of halogens is 1. The largest absolute Gasteiger partial charge is 0.485 e. The molecule has 2 N–H and O–H groups in total. The normalized spacial score (nSPS) is 20.4. The van der Waals surface area contributed by atoms with Crippen molar-refractivity contribution in [3.05, 3.63) is 81.8 Å². The number of benzene rings is 2. The van der Waals surface area contributed by atoms with Crippen molar-refractivity contribution in [1.29, 1.82) is 0 Å². The molecule has 2 aromatic carbocycles. The van der Waals surface area contributed by atoms with Gasteiger partial charge in [-0.15, -0.1) is 0 Å². The first-order valence-corrected chi connectivity index (χ1v) is 22.2. The Morgan fingerprint density at radius 2 is 1.61 bits per heavy atom. The number of amides is 5. The summed E-state index contributed by atoms with van der Waals surface area (Å²) in [5.41, 5.74) is 3.54. The molecule has 4 aliphatic rings. The van der Waals surface area contributed by atoms with E-state index in [1.807, 2.05) is 29.2 Å². The molecule has 2 saturated heterocycles. The molecule has 61 heavy (non-hydrogen) atoms. The quantitative estimate of drug-likeness (QED) is 0.108. The van der Waals surface area contributed by atoms with Gasteiger partial charge in [-0.25, -0.2) is 9.97 Å². The van der Waals surface area contributed by atoms with Gasteiger partial charge in [0.15, 0.2) is 5.78 Å². The van der Waals surface area contributed by atoms with Crippen LogP contribution in [0.4, 0.5) is 5.82 Å². The number of piperidine rings is 1. The number of anilines is 1. The Balaban J connectivity index is 0.779. The van der Waals surface area contributed by atoms with Crippen LogP contribution in [-0.4, -0.2) is 107 Å². The summed E-state index contributed by atoms with van der Waals surface area (Å²) in [5.74, 6) is -0.679. The minimum atomic E-state index is -1.07. The number of carbonyl (C=O) groups excluding carboxylic acids is 6. The van der Waals surface area contributed by atoms with E-state index in [1.54, 1.807) is 12.4 Å². The number of imide groups is 2. The van der Waals surface area contributed by atoms with Gasteiger partial charge in [0, 0.05) is 56.2 Å². The summed E-state index contributed by atoms with van der Waals surface area (Å²) in [6, 6.07) is 11.1. The highest BCUT2D eigenvalue weighted by Gasteiger charge is 2.46. The first-order chi connectivity index (χ1) is 29.5. The van der Waals surface area contributed by atoms with Gasteiger partial charge in [0.2, 0.25) is 17.7 Å². The van der Waals surface area contributed by atoms with E-state index < -0.39 is 29.7 Å². The first-order valence-electron chi connectivity index (χ1n) is 21.9. The number of unbranched alkanes of at least 4 members (excludes halogenated alkanes) is 6. The van der Waals surface area contributed by atoms with Crippen molar-refractivity contribution >= 4 is 52.7 Å². The molecule has 15 heteroatoms. The third-order valence-corrected chi connectivity index (χ3v) is 12.7. The number of fused-ring (bicyclic) bond motifs is 2. The van der Waals surface area contributed by atoms with Crippen LogP contribution in [0.1, 0.15) is 140 Å². The van der Waals surface area contributed by atoms with Crippen LogP contribution in [0.25, 0.3) is 0 Å². The standard InChI is InChI=1S/C46H56ClN7O7/c1-29-25-30(2)41-39(29)42(50-28-49-41)52-21-23-53(24-22-52)44(58)35(31-14-16-32(47)17-15-31)26-48-20-9-7-5-3-4-6-8-11-33(55)27-61-37-13-10-12-34-40(37)46(60)54(45(34)59)36-18-19-38(56)51-43(36)57/h10,12-17,28-30,35-36,48H,3-9,11,18-27H2,1-2H3,(H,51,56,57)/t29-,30-,35-,36?/m1/s1. The smallest absolute Gasteiger partial charge is 0.266 e. The van der Waals surface area contributed by atoms with Crippen molar-refractivity contribution in [2.75, 3.05) is 50.8 Å². The number of hydrogen-bond donors (Lipinski definition) is 2. The fourth-order valence-electron chi connectivity index (χ4n) is 9.22. The molecule has 1 unspecified atom stereocenters. The van der Waals surface area contributed by atoms with Crippen molar-refractivity contribution in [2.24, 2.45) is 0 Å². The molecule has 1 aliphatic carbocycles. The number of ketones is 1. The molecular weight excluding hydrogens is 798 g/mol. The third kappa shape index (κ3) is 10.1. The van der Waals surface area contributed by atoms with Crippen LogP contribution in [-0.2, 0) is 19.2 Å². The Morgan fingerprint density at radius 3 is 2.34 bits per heavy atom. The maximum absolute atomic E-state index is 14.0. The molecule has 7 rings (SSSR count). The molecule has 3 aliphatic heterocycles. The number of ether oxygens (including phenoxy) is 1. The SMILES string of the molecule is C[C@@H]1C[C@@H](C)c2c1ncnc2N1CCN(C(=O)[C@H](CNCCCCCCCCCC(=O)COc2cccc3c2C(=O)N(C2CCC(=O)NC2=O)C3=O)c2ccc(Cl)cc2)CC1. The first kappa shape index (κ1) is 43.9. The minimum absolute atomic E-state index is 0.0310. The number of nitrogens with one attached hydrogen (secondary N) is 2. The van der Waals surface area contributed by atoms with Crippen molar-refractivity contribution in [3.63, 3.8) is 0 Å². The lowest BCUT2D eigenvalue weighted by molar-refractivity contribution is -0.136. The van der Waals surface area contributed by atoms with Gasteiger partial charge in [0.25, 0.3) is 11.8 Å². The van der Waals surface area contributed by atoms with Gasteiger partial charge in [-0.2, -0.15) is 0 Å². The van der Waals surface area contributed by atoms with Crippen molar-refractivity contribution in [2.45, 2.75) is 108 Å². The monoisotopic (exact) mass is 853 g/mol.